The minimum Gasteiger partial charge on any atom is -0.482 e. The van der Waals surface area contributed by atoms with E-state index in [1.54, 1.807) is 24.3 Å². The van der Waals surface area contributed by atoms with E-state index in [2.05, 4.69) is 21.3 Å². The highest BCUT2D eigenvalue weighted by atomic mass is 16.5. The average Bonchev–Trinajstić information content (AvgIpc) is 3.19. The summed E-state index contributed by atoms with van der Waals surface area (Å²) < 4.78 is 10.3. The first kappa shape index (κ1) is 20.8. The zero-order valence-electron chi connectivity index (χ0n) is 16.4. The number of fused-ring (bicyclic) bond motifs is 1. The third kappa shape index (κ3) is 3.47. The van der Waals surface area contributed by atoms with E-state index in [9.17, 15) is 19.2 Å². The molecule has 12 nitrogen and oxygen atoms in total. The summed E-state index contributed by atoms with van der Waals surface area (Å²) in [5.74, 6) is -1.65. The molecule has 2 aliphatic heterocycles. The highest BCUT2D eigenvalue weighted by molar-refractivity contribution is 5.89. The van der Waals surface area contributed by atoms with Crippen molar-refractivity contribution in [1.29, 1.82) is 0 Å². The molecule has 2 fully saturated rings. The van der Waals surface area contributed by atoms with Crippen LogP contribution in [0.15, 0.2) is 48.5 Å². The summed E-state index contributed by atoms with van der Waals surface area (Å²) in [6, 6.07) is 11.4. The third-order valence-electron chi connectivity index (χ3n) is 5.07. The molecule has 2 aromatic carbocycles. The highest BCUT2D eigenvalue weighted by Gasteiger charge is 2.66. The van der Waals surface area contributed by atoms with Gasteiger partial charge in [-0.25, -0.2) is 19.2 Å². The van der Waals surface area contributed by atoms with Crippen LogP contribution in [0.2, 0.25) is 0 Å². The van der Waals surface area contributed by atoms with Crippen molar-refractivity contribution in [2.24, 2.45) is 0 Å². The first-order valence-electron chi connectivity index (χ1n) is 9.35. The van der Waals surface area contributed by atoms with Crippen LogP contribution in [0, 0.1) is 0 Å². The van der Waals surface area contributed by atoms with Gasteiger partial charge in [-0.15, -0.1) is 0 Å². The molecule has 0 saturated carbocycles. The number of ether oxygens (including phenoxy) is 2. The summed E-state index contributed by atoms with van der Waals surface area (Å²) in [4.78, 5) is 46.2. The first-order chi connectivity index (χ1) is 15.2. The molecule has 2 aliphatic rings. The van der Waals surface area contributed by atoms with Gasteiger partial charge >= 0.3 is 24.0 Å². The number of aliphatic carboxylic acids is 2. The molecule has 166 valence electrons. The van der Waals surface area contributed by atoms with Gasteiger partial charge in [0, 0.05) is 11.1 Å². The lowest BCUT2D eigenvalue weighted by molar-refractivity contribution is -0.140. The normalized spacial score (nSPS) is 23.2. The first-order valence-corrected chi connectivity index (χ1v) is 9.35. The summed E-state index contributed by atoms with van der Waals surface area (Å²) in [6.45, 7) is -1.03. The zero-order valence-corrected chi connectivity index (χ0v) is 16.4. The number of benzene rings is 2. The van der Waals surface area contributed by atoms with Crippen molar-refractivity contribution < 1.29 is 38.9 Å². The standard InChI is InChI=1S/C20H18N4O8/c25-15(26)9-31-13-5-1-11(2-6-13)19-20(23-17(29)21-19,24-18(30)22-19)12-3-7-14(8-4-12)32-10-16(27)28/h1-8H,9-10H2,(H,25,26)(H,27,28)(H2,21,23,29)(H2,22,24,30). The summed E-state index contributed by atoms with van der Waals surface area (Å²) in [5.41, 5.74) is -1.86. The van der Waals surface area contributed by atoms with Gasteiger partial charge in [0.1, 0.15) is 11.5 Å². The number of carbonyl (C=O) groups is 4. The maximum atomic E-state index is 12.4. The predicted molar refractivity (Wildman–Crippen MR) is 106 cm³/mol. The highest BCUT2D eigenvalue weighted by Crippen LogP contribution is 2.43. The van der Waals surface area contributed by atoms with Gasteiger partial charge in [0.25, 0.3) is 0 Å². The number of carbonyl (C=O) groups excluding carboxylic acids is 2. The summed E-state index contributed by atoms with van der Waals surface area (Å²) in [5, 5.41) is 28.5. The quantitative estimate of drug-likeness (QED) is 0.337. The maximum absolute atomic E-state index is 12.4. The second-order valence-electron chi connectivity index (χ2n) is 7.07. The van der Waals surface area contributed by atoms with Gasteiger partial charge in [-0.2, -0.15) is 0 Å². The molecule has 0 spiro atoms. The van der Waals surface area contributed by atoms with Crippen LogP contribution < -0.4 is 30.7 Å². The smallest absolute Gasteiger partial charge is 0.341 e. The fourth-order valence-electron chi connectivity index (χ4n) is 3.80. The van der Waals surface area contributed by atoms with Crippen molar-refractivity contribution in [2.75, 3.05) is 13.2 Å². The molecule has 2 saturated heterocycles. The van der Waals surface area contributed by atoms with Crippen LogP contribution in [0.1, 0.15) is 11.1 Å². The third-order valence-corrected chi connectivity index (χ3v) is 5.07. The largest absolute Gasteiger partial charge is 0.482 e. The molecule has 2 aromatic rings. The summed E-state index contributed by atoms with van der Waals surface area (Å²) in [6.07, 6.45) is 0. The van der Waals surface area contributed by atoms with E-state index >= 15 is 0 Å². The Balaban J connectivity index is 1.70. The number of hydrogen-bond donors (Lipinski definition) is 6. The molecule has 0 bridgehead atoms. The number of hydrogen-bond acceptors (Lipinski definition) is 6. The van der Waals surface area contributed by atoms with Crippen molar-refractivity contribution in [3.8, 4) is 11.5 Å². The summed E-state index contributed by atoms with van der Waals surface area (Å²) >= 11 is 0. The van der Waals surface area contributed by atoms with E-state index in [1.807, 2.05) is 0 Å². The minimum atomic E-state index is -1.42. The fourth-order valence-corrected chi connectivity index (χ4v) is 3.80. The van der Waals surface area contributed by atoms with Crippen LogP contribution in [0.25, 0.3) is 0 Å². The number of nitrogens with one attached hydrogen (secondary N) is 4. The van der Waals surface area contributed by atoms with E-state index in [1.165, 1.54) is 24.3 Å². The molecular weight excluding hydrogens is 424 g/mol. The van der Waals surface area contributed by atoms with E-state index in [4.69, 9.17) is 19.7 Å². The lowest BCUT2D eigenvalue weighted by Gasteiger charge is -2.37. The van der Waals surface area contributed by atoms with E-state index in [0.717, 1.165) is 0 Å². The van der Waals surface area contributed by atoms with Crippen molar-refractivity contribution >= 4 is 24.0 Å². The monoisotopic (exact) mass is 442 g/mol. The van der Waals surface area contributed by atoms with Crippen LogP contribution in [-0.2, 0) is 20.9 Å². The number of amides is 4. The van der Waals surface area contributed by atoms with Crippen LogP contribution in [0.4, 0.5) is 9.59 Å². The van der Waals surface area contributed by atoms with Crippen molar-refractivity contribution in [3.05, 3.63) is 59.7 Å². The van der Waals surface area contributed by atoms with Crippen molar-refractivity contribution in [1.82, 2.24) is 21.3 Å². The Kier molecular flexibility index (Phi) is 4.97. The van der Waals surface area contributed by atoms with E-state index in [-0.39, 0.29) is 0 Å². The van der Waals surface area contributed by atoms with Crippen LogP contribution in [0.3, 0.4) is 0 Å². The number of rotatable bonds is 8. The molecule has 0 unspecified atom stereocenters. The van der Waals surface area contributed by atoms with Crippen LogP contribution in [0.5, 0.6) is 11.5 Å². The maximum Gasteiger partial charge on any atom is 0.341 e. The Hall–Kier alpha value is -4.48. The van der Waals surface area contributed by atoms with Gasteiger partial charge in [0.15, 0.2) is 24.5 Å². The molecule has 0 atom stereocenters. The van der Waals surface area contributed by atoms with Gasteiger partial charge in [-0.05, 0) is 24.3 Å². The van der Waals surface area contributed by atoms with Crippen LogP contribution >= 0.6 is 0 Å². The van der Waals surface area contributed by atoms with Crippen LogP contribution in [-0.4, -0.2) is 47.4 Å². The van der Waals surface area contributed by atoms with Gasteiger partial charge in [0.05, 0.1) is 0 Å². The van der Waals surface area contributed by atoms with Crippen molar-refractivity contribution in [3.63, 3.8) is 0 Å². The Labute approximate surface area is 180 Å². The molecular formula is C20H18N4O8. The molecule has 4 rings (SSSR count). The van der Waals surface area contributed by atoms with E-state index in [0.29, 0.717) is 22.6 Å². The molecule has 2 heterocycles. The second kappa shape index (κ2) is 7.65. The second-order valence-corrected chi connectivity index (χ2v) is 7.07. The Morgan fingerprint density at radius 3 is 1.25 bits per heavy atom. The molecule has 0 radical (unpaired) electrons. The lowest BCUT2D eigenvalue weighted by atomic mass is 9.83. The van der Waals surface area contributed by atoms with Gasteiger partial charge < -0.3 is 41.0 Å². The number of urea groups is 2. The summed E-state index contributed by atoms with van der Waals surface area (Å²) in [7, 11) is 0. The molecule has 0 aliphatic carbocycles. The van der Waals surface area contributed by atoms with E-state index < -0.39 is 48.5 Å². The molecule has 0 aromatic heterocycles. The topological polar surface area (TPSA) is 175 Å². The molecule has 12 heteroatoms. The van der Waals surface area contributed by atoms with Gasteiger partial charge in [0.2, 0.25) is 0 Å². The predicted octanol–water partition coefficient (Wildman–Crippen LogP) is 0.245. The fraction of sp³-hybridized carbons (Fsp3) is 0.200. The molecule has 4 amide bonds. The number of carboxylic acids is 2. The van der Waals surface area contributed by atoms with Gasteiger partial charge in [-0.1, -0.05) is 24.3 Å². The SMILES string of the molecule is O=C(O)COc1ccc(C23NC(=O)NC2(c2ccc(OCC(=O)O)cc2)NC(=O)N3)cc1. The Morgan fingerprint density at radius 2 is 0.969 bits per heavy atom. The lowest BCUT2D eigenvalue weighted by Crippen LogP contribution is -2.60. The minimum absolute atomic E-state index is 0.299. The Morgan fingerprint density at radius 1 is 0.656 bits per heavy atom. The van der Waals surface area contributed by atoms with Crippen molar-refractivity contribution in [2.45, 2.75) is 11.3 Å². The number of carboxylic acid groups (broad SMARTS) is 2. The Bertz CT molecular complexity index is 980. The zero-order chi connectivity index (χ0) is 22.9. The average molecular weight is 442 g/mol. The van der Waals surface area contributed by atoms with Gasteiger partial charge in [-0.3, -0.25) is 0 Å². The molecule has 6 N–H and O–H groups in total. The molecule has 32 heavy (non-hydrogen) atoms.